The van der Waals surface area contributed by atoms with Gasteiger partial charge in [-0.25, -0.2) is 9.79 Å². The van der Waals surface area contributed by atoms with Crippen LogP contribution in [-0.2, 0) is 4.74 Å². The van der Waals surface area contributed by atoms with Crippen LogP contribution in [-0.4, -0.2) is 32.1 Å². The molecule has 0 saturated carbocycles. The van der Waals surface area contributed by atoms with Crippen LogP contribution < -0.4 is 21.9 Å². The van der Waals surface area contributed by atoms with E-state index in [-0.39, 0.29) is 23.2 Å². The highest BCUT2D eigenvalue weighted by Crippen LogP contribution is 2.33. The number of carbonyl (C=O) groups excluding carboxylic acids is 1. The Morgan fingerprint density at radius 1 is 1.25 bits per heavy atom. The van der Waals surface area contributed by atoms with E-state index in [0.29, 0.717) is 10.2 Å². The molecule has 6 N–H and O–H groups in total. The van der Waals surface area contributed by atoms with E-state index in [1.54, 1.807) is 6.07 Å². The van der Waals surface area contributed by atoms with Gasteiger partial charge in [-0.15, -0.1) is 0 Å². The van der Waals surface area contributed by atoms with E-state index >= 15 is 0 Å². The minimum atomic E-state index is -0.591. The number of benzene rings is 1. The number of nitrogens with two attached hydrogens (primary N) is 3. The number of hydrogen-bond donors (Lipinski definition) is 3. The lowest BCUT2D eigenvalue weighted by atomic mass is 10.1. The maximum Gasteiger partial charge on any atom is 0.340 e. The van der Waals surface area contributed by atoms with Gasteiger partial charge in [-0.2, -0.15) is 4.99 Å². The van der Waals surface area contributed by atoms with Crippen molar-refractivity contribution in [2.24, 2.45) is 27.2 Å². The second-order valence-electron chi connectivity index (χ2n) is 3.50. The summed E-state index contributed by atoms with van der Waals surface area (Å²) in [5.41, 5.74) is 16.3. The SMILES string of the molecule is COC(=O)c1cc(OC)c(Br)cc1N=C(N)N=C(N)N. The fourth-order valence-electron chi connectivity index (χ4n) is 1.35. The van der Waals surface area contributed by atoms with Crippen molar-refractivity contribution in [3.8, 4) is 5.75 Å². The molecule has 0 heterocycles. The molecule has 0 bridgehead atoms. The molecule has 8 nitrogen and oxygen atoms in total. The van der Waals surface area contributed by atoms with Crippen LogP contribution in [0.1, 0.15) is 10.4 Å². The van der Waals surface area contributed by atoms with Crippen molar-refractivity contribution in [2.75, 3.05) is 14.2 Å². The van der Waals surface area contributed by atoms with E-state index in [4.69, 9.17) is 21.9 Å². The Bertz CT molecular complexity index is 582. The van der Waals surface area contributed by atoms with Gasteiger partial charge >= 0.3 is 5.97 Å². The van der Waals surface area contributed by atoms with Crippen LogP contribution >= 0.6 is 15.9 Å². The number of methoxy groups -OCH3 is 2. The van der Waals surface area contributed by atoms with Gasteiger partial charge in [0.15, 0.2) is 5.96 Å². The second kappa shape index (κ2) is 6.75. The summed E-state index contributed by atoms with van der Waals surface area (Å²) in [6.45, 7) is 0. The van der Waals surface area contributed by atoms with E-state index in [1.807, 2.05) is 0 Å². The molecule has 0 spiro atoms. The fraction of sp³-hybridized carbons (Fsp3) is 0.182. The Labute approximate surface area is 123 Å². The first-order valence-electron chi connectivity index (χ1n) is 5.28. The molecule has 1 aromatic carbocycles. The van der Waals surface area contributed by atoms with Crippen LogP contribution in [0.2, 0.25) is 0 Å². The number of hydrogen-bond acceptors (Lipinski definition) is 4. The first-order chi connectivity index (χ1) is 9.38. The summed E-state index contributed by atoms with van der Waals surface area (Å²) in [4.78, 5) is 19.3. The third-order valence-electron chi connectivity index (χ3n) is 2.15. The molecule has 1 aromatic rings. The van der Waals surface area contributed by atoms with E-state index in [0.717, 1.165) is 0 Å². The molecule has 0 aromatic heterocycles. The number of aliphatic imine (C=N–C) groups is 2. The molecular weight excluding hydrogens is 330 g/mol. The molecule has 9 heteroatoms. The van der Waals surface area contributed by atoms with Crippen molar-refractivity contribution in [1.82, 2.24) is 0 Å². The summed E-state index contributed by atoms with van der Waals surface area (Å²) in [5.74, 6) is -0.567. The maximum absolute atomic E-state index is 11.7. The topological polar surface area (TPSA) is 138 Å². The largest absolute Gasteiger partial charge is 0.496 e. The van der Waals surface area contributed by atoms with E-state index in [9.17, 15) is 4.79 Å². The molecule has 0 atom stereocenters. The Morgan fingerprint density at radius 3 is 2.40 bits per heavy atom. The number of halogens is 1. The fourth-order valence-corrected chi connectivity index (χ4v) is 1.84. The summed E-state index contributed by atoms with van der Waals surface area (Å²) in [6.07, 6.45) is 0. The summed E-state index contributed by atoms with van der Waals surface area (Å²) < 4.78 is 10.4. The van der Waals surface area contributed by atoms with Gasteiger partial charge < -0.3 is 26.7 Å². The van der Waals surface area contributed by atoms with Gasteiger partial charge in [-0.1, -0.05) is 0 Å². The van der Waals surface area contributed by atoms with Gasteiger partial charge in [0, 0.05) is 0 Å². The molecule has 108 valence electrons. The molecule has 0 saturated heterocycles. The van der Waals surface area contributed by atoms with E-state index in [1.165, 1.54) is 20.3 Å². The van der Waals surface area contributed by atoms with Crippen molar-refractivity contribution in [2.45, 2.75) is 0 Å². The minimum absolute atomic E-state index is 0.168. The van der Waals surface area contributed by atoms with Crippen molar-refractivity contribution < 1.29 is 14.3 Å². The smallest absolute Gasteiger partial charge is 0.340 e. The molecule has 0 fully saturated rings. The average Bonchev–Trinajstić information content (AvgIpc) is 2.37. The van der Waals surface area contributed by atoms with Gasteiger partial charge in [-0.3, -0.25) is 0 Å². The monoisotopic (exact) mass is 343 g/mol. The normalized spacial score (nSPS) is 10.8. The van der Waals surface area contributed by atoms with Gasteiger partial charge in [0.25, 0.3) is 0 Å². The predicted molar refractivity (Wildman–Crippen MR) is 79.1 cm³/mol. The highest BCUT2D eigenvalue weighted by molar-refractivity contribution is 9.10. The highest BCUT2D eigenvalue weighted by atomic mass is 79.9. The van der Waals surface area contributed by atoms with Crippen molar-refractivity contribution >= 4 is 39.5 Å². The van der Waals surface area contributed by atoms with E-state index < -0.39 is 5.97 Å². The zero-order valence-corrected chi connectivity index (χ0v) is 12.5. The molecule has 0 amide bonds. The summed E-state index contributed by atoms with van der Waals surface area (Å²) in [5, 5.41) is 0. The molecule has 20 heavy (non-hydrogen) atoms. The summed E-state index contributed by atoms with van der Waals surface area (Å²) >= 11 is 3.28. The zero-order chi connectivity index (χ0) is 15.3. The first-order valence-corrected chi connectivity index (χ1v) is 6.08. The number of ether oxygens (including phenoxy) is 2. The molecule has 0 radical (unpaired) electrons. The number of rotatable bonds is 3. The molecule has 0 aliphatic heterocycles. The molecule has 1 rings (SSSR count). The van der Waals surface area contributed by atoms with Gasteiger partial charge in [-0.05, 0) is 28.1 Å². The van der Waals surface area contributed by atoms with Crippen LogP contribution in [0.25, 0.3) is 0 Å². The lowest BCUT2D eigenvalue weighted by Crippen LogP contribution is -2.26. The van der Waals surface area contributed by atoms with Gasteiger partial charge in [0.2, 0.25) is 5.96 Å². The third-order valence-corrected chi connectivity index (χ3v) is 2.77. The third kappa shape index (κ3) is 3.85. The van der Waals surface area contributed by atoms with Gasteiger partial charge in [0.05, 0.1) is 29.9 Å². The van der Waals surface area contributed by atoms with Crippen molar-refractivity contribution in [3.63, 3.8) is 0 Å². The van der Waals surface area contributed by atoms with Gasteiger partial charge in [0.1, 0.15) is 5.75 Å². The zero-order valence-electron chi connectivity index (χ0n) is 10.9. The number of nitrogens with zero attached hydrogens (tertiary/aromatic N) is 2. The standard InChI is InChI=1S/C11H14BrN5O3/c1-19-8-3-5(9(18)20-2)7(4-6(8)12)16-11(15)17-10(13)14/h3-4H,1-2H3,(H6,13,14,15,16,17). The van der Waals surface area contributed by atoms with Crippen LogP contribution in [0.3, 0.4) is 0 Å². The Balaban J connectivity index is 3.41. The quantitative estimate of drug-likeness (QED) is 0.414. The Kier molecular flexibility index (Phi) is 5.32. The highest BCUT2D eigenvalue weighted by Gasteiger charge is 2.16. The van der Waals surface area contributed by atoms with Crippen molar-refractivity contribution in [3.05, 3.63) is 22.2 Å². The summed E-state index contributed by atoms with van der Waals surface area (Å²) in [7, 11) is 2.72. The predicted octanol–water partition coefficient (Wildman–Crippen LogP) is 0.464. The number of guanidine groups is 2. The minimum Gasteiger partial charge on any atom is -0.496 e. The Morgan fingerprint density at radius 2 is 1.90 bits per heavy atom. The average molecular weight is 344 g/mol. The van der Waals surface area contributed by atoms with Crippen LogP contribution in [0.5, 0.6) is 5.75 Å². The second-order valence-corrected chi connectivity index (χ2v) is 4.36. The molecule has 0 aliphatic carbocycles. The van der Waals surface area contributed by atoms with Crippen LogP contribution in [0.4, 0.5) is 5.69 Å². The summed E-state index contributed by atoms with van der Waals surface area (Å²) in [6, 6.07) is 3.01. The molecule has 0 aliphatic rings. The molecular formula is C11H14BrN5O3. The maximum atomic E-state index is 11.7. The lowest BCUT2D eigenvalue weighted by molar-refractivity contribution is 0.0601. The Hall–Kier alpha value is -2.29. The molecule has 0 unspecified atom stereocenters. The van der Waals surface area contributed by atoms with Crippen molar-refractivity contribution in [1.29, 1.82) is 0 Å². The number of carbonyl (C=O) groups is 1. The lowest BCUT2D eigenvalue weighted by Gasteiger charge is -2.09. The van der Waals surface area contributed by atoms with Crippen LogP contribution in [0, 0.1) is 0 Å². The first kappa shape index (κ1) is 15.8. The number of esters is 1. The van der Waals surface area contributed by atoms with Crippen LogP contribution in [0.15, 0.2) is 26.6 Å². The van der Waals surface area contributed by atoms with E-state index in [2.05, 4.69) is 30.7 Å².